The fourth-order valence-electron chi connectivity index (χ4n) is 6.93. The summed E-state index contributed by atoms with van der Waals surface area (Å²) in [6.07, 6.45) is 4.77. The SMILES string of the molecule is C=C1C(=O)N[C@H](C)C(=O)N[C@@H](CC(C)C)C(=O)NC(C(=O)O)[C@H](C)C(=O)NC(C)(C)C(=O)NC(/C=C/C(C)=C/[C@H](C)[C@H](Cc2ccccc2)OC)[C@H](C)C(=O)N[C@@H](C(=O)O)CCC(=O)N1C. The predicted octanol–water partition coefficient (Wildman–Crippen LogP) is 1.97. The molecule has 1 aromatic rings. The summed E-state index contributed by atoms with van der Waals surface area (Å²) in [5.74, 6) is -12.0. The zero-order chi connectivity index (χ0) is 50.2. The fraction of sp³-hybridized carbons (Fsp3) is 0.553. The second-order valence-electron chi connectivity index (χ2n) is 17.8. The van der Waals surface area contributed by atoms with E-state index in [2.05, 4.69) is 38.5 Å². The van der Waals surface area contributed by atoms with Crippen molar-refractivity contribution < 1.29 is 58.1 Å². The average molecular weight is 924 g/mol. The molecule has 0 aliphatic carbocycles. The van der Waals surface area contributed by atoms with Crippen LogP contribution in [0, 0.1) is 23.7 Å². The summed E-state index contributed by atoms with van der Waals surface area (Å²) in [7, 11) is 2.84. The molecular weight excluding hydrogens is 855 g/mol. The molecule has 2 rings (SSSR count). The highest BCUT2D eigenvalue weighted by atomic mass is 16.5. The number of carbonyl (C=O) groups is 9. The molecule has 1 heterocycles. The van der Waals surface area contributed by atoms with E-state index >= 15 is 0 Å². The van der Waals surface area contributed by atoms with Crippen molar-refractivity contribution in [3.63, 3.8) is 0 Å². The summed E-state index contributed by atoms with van der Waals surface area (Å²) in [5.41, 5.74) is -0.348. The van der Waals surface area contributed by atoms with Crippen molar-refractivity contribution in [1.29, 1.82) is 0 Å². The molecule has 66 heavy (non-hydrogen) atoms. The molecule has 364 valence electrons. The molecule has 19 heteroatoms. The van der Waals surface area contributed by atoms with Crippen LogP contribution in [0.4, 0.5) is 0 Å². The summed E-state index contributed by atoms with van der Waals surface area (Å²) >= 11 is 0. The number of benzene rings is 1. The predicted molar refractivity (Wildman–Crippen MR) is 245 cm³/mol. The van der Waals surface area contributed by atoms with Gasteiger partial charge in [-0.25, -0.2) is 9.59 Å². The maximum absolute atomic E-state index is 14.0. The van der Waals surface area contributed by atoms with Gasteiger partial charge in [-0.05, 0) is 58.4 Å². The van der Waals surface area contributed by atoms with Crippen LogP contribution in [0.25, 0.3) is 0 Å². The van der Waals surface area contributed by atoms with Crippen LogP contribution in [0.3, 0.4) is 0 Å². The number of hydrogen-bond donors (Lipinski definition) is 8. The largest absolute Gasteiger partial charge is 0.480 e. The smallest absolute Gasteiger partial charge is 0.327 e. The third kappa shape index (κ3) is 16.9. The first-order valence-electron chi connectivity index (χ1n) is 21.9. The number of nitrogens with one attached hydrogen (secondary N) is 6. The third-order valence-corrected chi connectivity index (χ3v) is 11.4. The zero-order valence-corrected chi connectivity index (χ0v) is 39.9. The number of amides is 7. The fourth-order valence-corrected chi connectivity index (χ4v) is 6.93. The molecule has 1 aromatic carbocycles. The topological polar surface area (TPSA) is 279 Å². The number of carboxylic acids is 2. The lowest BCUT2D eigenvalue weighted by Crippen LogP contribution is -2.61. The highest BCUT2D eigenvalue weighted by molar-refractivity contribution is 6.00. The Morgan fingerprint density at radius 3 is 2.05 bits per heavy atom. The number of nitrogens with zero attached hydrogens (tertiary/aromatic N) is 1. The molecule has 0 saturated carbocycles. The Morgan fingerprint density at radius 2 is 1.48 bits per heavy atom. The Kier molecular flexibility index (Phi) is 21.4. The maximum Gasteiger partial charge on any atom is 0.327 e. The van der Waals surface area contributed by atoms with Crippen molar-refractivity contribution >= 4 is 53.3 Å². The molecular formula is C47H69N7O12. The molecule has 9 atom stereocenters. The number of likely N-dealkylation sites (N-methyl/N-ethyl adjacent to an activating group) is 1. The first-order valence-corrected chi connectivity index (χ1v) is 21.9. The summed E-state index contributed by atoms with van der Waals surface area (Å²) in [6, 6.07) is 2.62. The molecule has 0 radical (unpaired) electrons. The van der Waals surface area contributed by atoms with E-state index in [4.69, 9.17) is 4.74 Å². The summed E-state index contributed by atoms with van der Waals surface area (Å²) in [6.45, 7) is 17.6. The van der Waals surface area contributed by atoms with E-state index in [0.29, 0.717) is 6.42 Å². The number of carboxylic acid groups (broad SMARTS) is 2. The Labute approximate surface area is 387 Å². The van der Waals surface area contributed by atoms with Gasteiger partial charge in [0.1, 0.15) is 35.4 Å². The van der Waals surface area contributed by atoms with Crippen LogP contribution in [0.1, 0.15) is 87.1 Å². The molecule has 2 unspecified atom stereocenters. The van der Waals surface area contributed by atoms with Gasteiger partial charge in [-0.2, -0.15) is 0 Å². The lowest BCUT2D eigenvalue weighted by molar-refractivity contribution is -0.147. The Balaban J connectivity index is 2.62. The molecule has 0 bridgehead atoms. The molecule has 7 amide bonds. The van der Waals surface area contributed by atoms with Crippen molar-refractivity contribution in [3.05, 3.63) is 72.0 Å². The van der Waals surface area contributed by atoms with Gasteiger partial charge in [0, 0.05) is 26.5 Å². The van der Waals surface area contributed by atoms with Gasteiger partial charge in [0.05, 0.1) is 24.0 Å². The van der Waals surface area contributed by atoms with Crippen molar-refractivity contribution in [2.45, 2.75) is 130 Å². The molecule has 1 aliphatic heterocycles. The van der Waals surface area contributed by atoms with E-state index in [1.807, 2.05) is 50.3 Å². The van der Waals surface area contributed by atoms with Crippen LogP contribution >= 0.6 is 0 Å². The second kappa shape index (κ2) is 25.4. The van der Waals surface area contributed by atoms with Crippen LogP contribution in [-0.2, 0) is 54.3 Å². The number of hydrogen-bond acceptors (Lipinski definition) is 10. The van der Waals surface area contributed by atoms with Crippen LogP contribution < -0.4 is 31.9 Å². The molecule has 8 N–H and O–H groups in total. The number of ether oxygens (including phenoxy) is 1. The maximum atomic E-state index is 14.0. The minimum atomic E-state index is -1.84. The number of aliphatic carboxylic acids is 2. The molecule has 0 spiro atoms. The first kappa shape index (κ1) is 55.8. The van der Waals surface area contributed by atoms with Gasteiger partial charge in [-0.1, -0.05) is 95.3 Å². The second-order valence-corrected chi connectivity index (χ2v) is 17.8. The van der Waals surface area contributed by atoms with Gasteiger partial charge >= 0.3 is 11.9 Å². The van der Waals surface area contributed by atoms with Gasteiger partial charge in [0.15, 0.2) is 0 Å². The third-order valence-electron chi connectivity index (χ3n) is 11.4. The van der Waals surface area contributed by atoms with Gasteiger partial charge in [-0.3, -0.25) is 33.6 Å². The van der Waals surface area contributed by atoms with Crippen molar-refractivity contribution in [3.8, 4) is 0 Å². The quantitative estimate of drug-likeness (QED) is 0.117. The van der Waals surface area contributed by atoms with E-state index in [1.54, 1.807) is 33.1 Å². The molecule has 19 nitrogen and oxygen atoms in total. The minimum Gasteiger partial charge on any atom is -0.480 e. The van der Waals surface area contributed by atoms with Gasteiger partial charge < -0.3 is 51.8 Å². The highest BCUT2D eigenvalue weighted by Gasteiger charge is 2.39. The summed E-state index contributed by atoms with van der Waals surface area (Å²) < 4.78 is 5.79. The van der Waals surface area contributed by atoms with Crippen LogP contribution in [0.2, 0.25) is 0 Å². The van der Waals surface area contributed by atoms with Crippen LogP contribution in [0.5, 0.6) is 0 Å². The summed E-state index contributed by atoms with van der Waals surface area (Å²) in [4.78, 5) is 121. The summed E-state index contributed by atoms with van der Waals surface area (Å²) in [5, 5.41) is 35.2. The first-order chi connectivity index (χ1) is 30.7. The lowest BCUT2D eigenvalue weighted by Gasteiger charge is -2.32. The number of rotatable bonds is 11. The van der Waals surface area contributed by atoms with Gasteiger partial charge in [0.25, 0.3) is 5.91 Å². The van der Waals surface area contributed by atoms with E-state index < -0.39 is 119 Å². The molecule has 1 saturated heterocycles. The number of allylic oxidation sites excluding steroid dienone is 2. The van der Waals surface area contributed by atoms with Gasteiger partial charge in [0.2, 0.25) is 35.4 Å². The standard InChI is InChI=1S/C47H69N7O12/c1-25(2)22-35-43(60)52-38(45(63)64)29(6)40(57)53-47(9,10)46(65)51-33(19-18-26(3)23-27(4)36(66-12)24-32-16-14-13-15-17-32)28(5)39(56)49-34(44(61)62)20-21-37(55)54(11)31(8)42(59)48-30(7)41(58)50-35/h13-19,23,25,27-30,33-36,38H,8,20-22,24H2,1-7,9-12H3,(H,48,59)(H,49,56)(H,50,58)(H,51,65)(H,52,60)(H,53,57)(H,61,62)(H,63,64)/b19-18+,26-23+/t27-,28-,29-,30+,33?,34+,35-,36-,38?/m0/s1. The Bertz CT molecular complexity index is 2020. The van der Waals surface area contributed by atoms with Crippen molar-refractivity contribution in [2.75, 3.05) is 14.2 Å². The molecule has 1 aliphatic rings. The van der Waals surface area contributed by atoms with Gasteiger partial charge in [-0.15, -0.1) is 0 Å². The van der Waals surface area contributed by atoms with Crippen molar-refractivity contribution in [2.24, 2.45) is 23.7 Å². The lowest BCUT2D eigenvalue weighted by atomic mass is 9.93. The number of carbonyl (C=O) groups excluding carboxylic acids is 7. The van der Waals surface area contributed by atoms with Crippen molar-refractivity contribution in [1.82, 2.24) is 36.8 Å². The number of methoxy groups -OCH3 is 1. The monoisotopic (exact) mass is 924 g/mol. The average Bonchev–Trinajstić information content (AvgIpc) is 3.24. The van der Waals surface area contributed by atoms with E-state index in [9.17, 15) is 53.4 Å². The van der Waals surface area contributed by atoms with E-state index in [-0.39, 0.29) is 24.4 Å². The zero-order valence-electron chi connectivity index (χ0n) is 39.9. The Morgan fingerprint density at radius 1 is 0.864 bits per heavy atom. The normalized spacial score (nSPS) is 26.2. The highest BCUT2D eigenvalue weighted by Crippen LogP contribution is 2.19. The van der Waals surface area contributed by atoms with Crippen LogP contribution in [0.15, 0.2) is 66.4 Å². The Hall–Kier alpha value is -6.37. The minimum absolute atomic E-state index is 0.0291. The molecule has 0 aromatic heterocycles. The van der Waals surface area contributed by atoms with E-state index in [0.717, 1.165) is 16.0 Å². The molecule has 1 fully saturated rings. The van der Waals surface area contributed by atoms with E-state index in [1.165, 1.54) is 41.7 Å². The van der Waals surface area contributed by atoms with Crippen LogP contribution in [-0.4, -0.2) is 124 Å².